The molecule has 17 heavy (non-hydrogen) atoms. The monoisotopic (exact) mass is 219 g/mol. The van der Waals surface area contributed by atoms with E-state index in [0.29, 0.717) is 11.1 Å². The highest BCUT2D eigenvalue weighted by Gasteiger charge is 2.10. The second-order valence-electron chi connectivity index (χ2n) is 3.81. The zero-order valence-electron chi connectivity index (χ0n) is 9.05. The minimum atomic E-state index is 0.574. The lowest BCUT2D eigenvalue weighted by Crippen LogP contribution is -1.76. The topological polar surface area (TPSA) is 36.9 Å². The molecule has 2 aromatic carbocycles. The first-order valence-corrected chi connectivity index (χ1v) is 5.36. The van der Waals surface area contributed by atoms with Gasteiger partial charge in [-0.15, -0.1) is 0 Å². The van der Waals surface area contributed by atoms with Crippen molar-refractivity contribution in [2.75, 3.05) is 0 Å². The third kappa shape index (κ3) is 1.49. The molecule has 0 aliphatic rings. The number of benzene rings is 2. The summed E-state index contributed by atoms with van der Waals surface area (Å²) >= 11 is 0. The van der Waals surface area contributed by atoms with E-state index < -0.39 is 0 Å². The maximum absolute atomic E-state index is 9.01. The first-order chi connectivity index (χ1) is 8.40. The molecule has 3 rings (SSSR count). The van der Waals surface area contributed by atoms with Gasteiger partial charge in [0.2, 0.25) is 0 Å². The zero-order chi connectivity index (χ0) is 11.7. The maximum atomic E-state index is 9.01. The predicted molar refractivity (Wildman–Crippen MR) is 66.4 cm³/mol. The van der Waals surface area contributed by atoms with Crippen molar-refractivity contribution in [3.63, 3.8) is 0 Å². The molecule has 2 nitrogen and oxygen atoms in total. The van der Waals surface area contributed by atoms with Gasteiger partial charge in [0, 0.05) is 10.9 Å². The van der Waals surface area contributed by atoms with Gasteiger partial charge in [0.15, 0.2) is 5.58 Å². The van der Waals surface area contributed by atoms with E-state index in [1.54, 1.807) is 12.3 Å². The van der Waals surface area contributed by atoms with Gasteiger partial charge in [0.25, 0.3) is 0 Å². The Morgan fingerprint density at radius 2 is 1.76 bits per heavy atom. The third-order valence-corrected chi connectivity index (χ3v) is 2.81. The van der Waals surface area contributed by atoms with Crippen molar-refractivity contribution in [3.05, 3.63) is 60.4 Å². The minimum Gasteiger partial charge on any atom is -0.462 e. The van der Waals surface area contributed by atoms with Crippen LogP contribution in [0, 0.1) is 11.3 Å². The van der Waals surface area contributed by atoms with Crippen molar-refractivity contribution in [1.82, 2.24) is 0 Å². The molecule has 2 heteroatoms. The molecule has 0 saturated heterocycles. The van der Waals surface area contributed by atoms with Gasteiger partial charge < -0.3 is 4.42 Å². The Bertz CT molecular complexity index is 705. The van der Waals surface area contributed by atoms with Crippen LogP contribution < -0.4 is 0 Å². The lowest BCUT2D eigenvalue weighted by Gasteiger charge is -1.97. The van der Waals surface area contributed by atoms with Gasteiger partial charge in [-0.05, 0) is 11.6 Å². The molecule has 0 radical (unpaired) electrons. The first-order valence-electron chi connectivity index (χ1n) is 5.36. The number of nitrogens with zero attached hydrogens (tertiary/aromatic N) is 1. The second-order valence-corrected chi connectivity index (χ2v) is 3.81. The van der Waals surface area contributed by atoms with Crippen LogP contribution in [0.25, 0.3) is 22.1 Å². The molecular formula is C15H9NO. The summed E-state index contributed by atoms with van der Waals surface area (Å²) in [6.45, 7) is 0. The number of para-hydroxylation sites is 1. The first kappa shape index (κ1) is 9.68. The van der Waals surface area contributed by atoms with E-state index in [2.05, 4.69) is 6.07 Å². The van der Waals surface area contributed by atoms with Crippen LogP contribution in [-0.2, 0) is 0 Å². The lowest BCUT2D eigenvalue weighted by molar-refractivity contribution is 0.616. The third-order valence-electron chi connectivity index (χ3n) is 2.81. The van der Waals surface area contributed by atoms with Gasteiger partial charge in [0.1, 0.15) is 6.07 Å². The van der Waals surface area contributed by atoms with Gasteiger partial charge in [-0.25, -0.2) is 0 Å². The van der Waals surface area contributed by atoms with Crippen molar-refractivity contribution < 1.29 is 4.42 Å². The average molecular weight is 219 g/mol. The fourth-order valence-corrected chi connectivity index (χ4v) is 1.99. The zero-order valence-corrected chi connectivity index (χ0v) is 9.05. The van der Waals surface area contributed by atoms with Crippen molar-refractivity contribution in [2.24, 2.45) is 0 Å². The Morgan fingerprint density at radius 1 is 0.941 bits per heavy atom. The second kappa shape index (κ2) is 3.80. The molecule has 1 heterocycles. The molecule has 0 spiro atoms. The summed E-state index contributed by atoms with van der Waals surface area (Å²) in [4.78, 5) is 0. The van der Waals surface area contributed by atoms with Crippen LogP contribution >= 0.6 is 0 Å². The van der Waals surface area contributed by atoms with Crippen LogP contribution in [0.1, 0.15) is 5.56 Å². The van der Waals surface area contributed by atoms with Crippen LogP contribution in [0.2, 0.25) is 0 Å². The van der Waals surface area contributed by atoms with Gasteiger partial charge in [0.05, 0.1) is 11.8 Å². The number of nitriles is 1. The summed E-state index contributed by atoms with van der Waals surface area (Å²) < 4.78 is 5.50. The van der Waals surface area contributed by atoms with E-state index in [9.17, 15) is 0 Å². The summed E-state index contributed by atoms with van der Waals surface area (Å²) in [6.07, 6.45) is 1.71. The molecule has 80 valence electrons. The smallest absolute Gasteiger partial charge is 0.152 e. The number of fused-ring (bicyclic) bond motifs is 1. The number of hydrogen-bond acceptors (Lipinski definition) is 2. The molecule has 0 fully saturated rings. The van der Waals surface area contributed by atoms with Crippen LogP contribution in [-0.4, -0.2) is 0 Å². The molecular weight excluding hydrogens is 210 g/mol. The lowest BCUT2D eigenvalue weighted by atomic mass is 10.0. The van der Waals surface area contributed by atoms with Crippen LogP contribution in [0.15, 0.2) is 59.2 Å². The summed E-state index contributed by atoms with van der Waals surface area (Å²) in [6, 6.07) is 17.8. The largest absolute Gasteiger partial charge is 0.462 e. The Labute approximate surface area is 98.7 Å². The molecule has 0 aliphatic heterocycles. The molecule has 1 aromatic heterocycles. The Hall–Kier alpha value is -2.53. The number of hydrogen-bond donors (Lipinski definition) is 0. The minimum absolute atomic E-state index is 0.574. The van der Waals surface area contributed by atoms with E-state index in [1.807, 2.05) is 42.5 Å². The molecule has 0 amide bonds. The van der Waals surface area contributed by atoms with Crippen molar-refractivity contribution in [1.29, 1.82) is 5.26 Å². The standard InChI is InChI=1S/C15H9NO/c16-9-12-7-4-8-13-14(10-17-15(12)13)11-5-2-1-3-6-11/h1-8,10H. The summed E-state index contributed by atoms with van der Waals surface area (Å²) in [5.74, 6) is 0. The molecule has 0 saturated carbocycles. The van der Waals surface area contributed by atoms with Crippen molar-refractivity contribution in [3.8, 4) is 17.2 Å². The van der Waals surface area contributed by atoms with Crippen LogP contribution in [0.3, 0.4) is 0 Å². The fourth-order valence-electron chi connectivity index (χ4n) is 1.99. The molecule has 0 N–H and O–H groups in total. The number of furan rings is 1. The molecule has 0 aliphatic carbocycles. The molecule has 0 atom stereocenters. The molecule has 0 unspecified atom stereocenters. The summed E-state index contributed by atoms with van der Waals surface area (Å²) in [5, 5.41) is 9.99. The Morgan fingerprint density at radius 3 is 2.53 bits per heavy atom. The normalized spacial score (nSPS) is 10.3. The maximum Gasteiger partial charge on any atom is 0.152 e. The fraction of sp³-hybridized carbons (Fsp3) is 0. The van der Waals surface area contributed by atoms with E-state index in [0.717, 1.165) is 16.5 Å². The molecule has 0 bridgehead atoms. The highest BCUT2D eigenvalue weighted by atomic mass is 16.3. The van der Waals surface area contributed by atoms with Gasteiger partial charge in [-0.3, -0.25) is 0 Å². The van der Waals surface area contributed by atoms with Gasteiger partial charge in [-0.1, -0.05) is 42.5 Å². The predicted octanol–water partition coefficient (Wildman–Crippen LogP) is 3.97. The number of rotatable bonds is 1. The van der Waals surface area contributed by atoms with Crippen LogP contribution in [0.4, 0.5) is 0 Å². The van der Waals surface area contributed by atoms with E-state index in [4.69, 9.17) is 9.68 Å². The molecule has 3 aromatic rings. The summed E-state index contributed by atoms with van der Waals surface area (Å²) in [7, 11) is 0. The highest BCUT2D eigenvalue weighted by molar-refractivity contribution is 5.96. The van der Waals surface area contributed by atoms with E-state index in [1.165, 1.54) is 0 Å². The van der Waals surface area contributed by atoms with E-state index >= 15 is 0 Å². The van der Waals surface area contributed by atoms with Crippen LogP contribution in [0.5, 0.6) is 0 Å². The summed E-state index contributed by atoms with van der Waals surface area (Å²) in [5.41, 5.74) is 3.36. The van der Waals surface area contributed by atoms with Gasteiger partial charge in [-0.2, -0.15) is 5.26 Å². The Balaban J connectivity index is 2.31. The quantitative estimate of drug-likeness (QED) is 0.620. The highest BCUT2D eigenvalue weighted by Crippen LogP contribution is 2.31. The van der Waals surface area contributed by atoms with Crippen molar-refractivity contribution >= 4 is 11.0 Å². The SMILES string of the molecule is N#Cc1cccc2c(-c3ccccc3)coc12. The van der Waals surface area contributed by atoms with E-state index in [-0.39, 0.29) is 0 Å². The Kier molecular flexibility index (Phi) is 2.16. The average Bonchev–Trinajstić information content (AvgIpc) is 2.83. The van der Waals surface area contributed by atoms with Crippen molar-refractivity contribution in [2.45, 2.75) is 0 Å². The van der Waals surface area contributed by atoms with Gasteiger partial charge >= 0.3 is 0 Å².